The lowest BCUT2D eigenvalue weighted by atomic mass is 10.1. The van der Waals surface area contributed by atoms with Gasteiger partial charge >= 0.3 is 5.97 Å². The summed E-state index contributed by atoms with van der Waals surface area (Å²) in [6, 6.07) is 0.277. The van der Waals surface area contributed by atoms with Gasteiger partial charge in [-0.25, -0.2) is 4.79 Å². The van der Waals surface area contributed by atoms with E-state index in [9.17, 15) is 4.79 Å². The van der Waals surface area contributed by atoms with Crippen molar-refractivity contribution in [1.29, 1.82) is 0 Å². The molecule has 1 saturated heterocycles. The topological polar surface area (TPSA) is 64.3 Å². The second-order valence-electron chi connectivity index (χ2n) is 3.44. The van der Waals surface area contributed by atoms with Crippen LogP contribution in [0.25, 0.3) is 0 Å². The highest BCUT2D eigenvalue weighted by atomic mass is 127. The maximum absolute atomic E-state index is 10.8. The first-order valence-electron chi connectivity index (χ1n) is 4.74. The molecule has 82 valence electrons. The molecule has 1 aromatic heterocycles. The minimum atomic E-state index is -0.919. The Morgan fingerprint density at radius 1 is 1.60 bits per heavy atom. The highest BCUT2D eigenvalue weighted by molar-refractivity contribution is 14.1. The largest absolute Gasteiger partial charge is 0.478 e. The van der Waals surface area contributed by atoms with Crippen LogP contribution in [0.4, 0.5) is 0 Å². The minimum Gasteiger partial charge on any atom is -0.478 e. The van der Waals surface area contributed by atoms with Crippen LogP contribution in [0.5, 0.6) is 0 Å². The van der Waals surface area contributed by atoms with Crippen molar-refractivity contribution >= 4 is 28.6 Å². The number of nitrogens with zero attached hydrogens (tertiary/aromatic N) is 2. The third kappa shape index (κ3) is 2.15. The van der Waals surface area contributed by atoms with Gasteiger partial charge in [-0.3, -0.25) is 4.68 Å². The van der Waals surface area contributed by atoms with Crippen LogP contribution in [0, 0.1) is 3.70 Å². The van der Waals surface area contributed by atoms with Gasteiger partial charge in [-0.2, -0.15) is 5.10 Å². The third-order valence-corrected chi connectivity index (χ3v) is 3.58. The van der Waals surface area contributed by atoms with Crippen LogP contribution in [-0.4, -0.2) is 34.1 Å². The van der Waals surface area contributed by atoms with Crippen molar-refractivity contribution in [3.05, 3.63) is 15.5 Å². The van der Waals surface area contributed by atoms with E-state index in [1.54, 1.807) is 4.68 Å². The van der Waals surface area contributed by atoms with Crippen LogP contribution in [-0.2, 0) is 4.74 Å². The number of ether oxygens (including phenoxy) is 1. The lowest BCUT2D eigenvalue weighted by Crippen LogP contribution is -2.21. The SMILES string of the molecule is O=C(O)c1cnn(C2CCOCC2)c1I. The molecule has 5 nitrogen and oxygen atoms in total. The van der Waals surface area contributed by atoms with Gasteiger partial charge in [-0.15, -0.1) is 0 Å². The molecule has 0 radical (unpaired) electrons. The van der Waals surface area contributed by atoms with E-state index in [4.69, 9.17) is 9.84 Å². The first-order valence-corrected chi connectivity index (χ1v) is 5.82. The highest BCUT2D eigenvalue weighted by Crippen LogP contribution is 2.24. The van der Waals surface area contributed by atoms with Gasteiger partial charge in [0.25, 0.3) is 0 Å². The Morgan fingerprint density at radius 2 is 2.27 bits per heavy atom. The fourth-order valence-electron chi connectivity index (χ4n) is 1.68. The summed E-state index contributed by atoms with van der Waals surface area (Å²) in [5.74, 6) is -0.919. The number of carboxylic acids is 1. The van der Waals surface area contributed by atoms with E-state index < -0.39 is 5.97 Å². The number of carbonyl (C=O) groups is 1. The Hall–Kier alpha value is -0.630. The summed E-state index contributed by atoms with van der Waals surface area (Å²) in [6.07, 6.45) is 3.22. The van der Waals surface area contributed by atoms with Crippen molar-refractivity contribution in [2.24, 2.45) is 0 Å². The van der Waals surface area contributed by atoms with Crippen molar-refractivity contribution < 1.29 is 14.6 Å². The average Bonchev–Trinajstić information content (AvgIpc) is 2.61. The van der Waals surface area contributed by atoms with E-state index in [1.165, 1.54) is 6.20 Å². The molecule has 0 spiro atoms. The molecule has 1 aliphatic heterocycles. The van der Waals surface area contributed by atoms with Gasteiger partial charge in [-0.05, 0) is 35.4 Å². The van der Waals surface area contributed by atoms with E-state index in [1.807, 2.05) is 22.6 Å². The molecule has 0 unspecified atom stereocenters. The predicted molar refractivity (Wildman–Crippen MR) is 61.0 cm³/mol. The molecule has 0 aliphatic carbocycles. The summed E-state index contributed by atoms with van der Waals surface area (Å²) in [4.78, 5) is 10.8. The Balaban J connectivity index is 2.24. The molecular formula is C9H11IN2O3. The van der Waals surface area contributed by atoms with Gasteiger partial charge in [0.1, 0.15) is 9.26 Å². The van der Waals surface area contributed by atoms with Crippen LogP contribution >= 0.6 is 22.6 Å². The van der Waals surface area contributed by atoms with Crippen molar-refractivity contribution in [2.45, 2.75) is 18.9 Å². The van der Waals surface area contributed by atoms with Crippen LogP contribution in [0.15, 0.2) is 6.20 Å². The highest BCUT2D eigenvalue weighted by Gasteiger charge is 2.22. The molecule has 2 heterocycles. The minimum absolute atomic E-state index is 0.277. The Labute approximate surface area is 101 Å². The lowest BCUT2D eigenvalue weighted by Gasteiger charge is -2.23. The maximum atomic E-state index is 10.8. The summed E-state index contributed by atoms with van der Waals surface area (Å²) in [6.45, 7) is 1.45. The van der Waals surface area contributed by atoms with Crippen LogP contribution in [0.2, 0.25) is 0 Å². The molecule has 2 rings (SSSR count). The van der Waals surface area contributed by atoms with Crippen LogP contribution in [0.3, 0.4) is 0 Å². The summed E-state index contributed by atoms with van der Waals surface area (Å²) in [5, 5.41) is 13.0. The molecule has 6 heteroatoms. The summed E-state index contributed by atoms with van der Waals surface area (Å²) in [5.41, 5.74) is 0.280. The van der Waals surface area contributed by atoms with Gasteiger partial charge in [0.15, 0.2) is 0 Å². The molecule has 1 N–H and O–H groups in total. The Bertz CT molecular complexity index is 371. The first-order chi connectivity index (χ1) is 7.20. The van der Waals surface area contributed by atoms with Gasteiger partial charge < -0.3 is 9.84 Å². The molecular weight excluding hydrogens is 311 g/mol. The molecule has 15 heavy (non-hydrogen) atoms. The number of hydrogen-bond donors (Lipinski definition) is 1. The smallest absolute Gasteiger partial charge is 0.340 e. The fourth-order valence-corrected chi connectivity index (χ4v) is 2.56. The van der Waals surface area contributed by atoms with Gasteiger partial charge in [-0.1, -0.05) is 0 Å². The quantitative estimate of drug-likeness (QED) is 0.839. The van der Waals surface area contributed by atoms with E-state index in [-0.39, 0.29) is 11.6 Å². The molecule has 1 aliphatic rings. The van der Waals surface area contributed by atoms with Crippen molar-refractivity contribution in [3.8, 4) is 0 Å². The molecule has 0 amide bonds. The standard InChI is InChI=1S/C9H11IN2O3/c10-8-7(9(13)14)5-11-12(8)6-1-3-15-4-2-6/h5-6H,1-4H2,(H,13,14). The Morgan fingerprint density at radius 3 is 2.80 bits per heavy atom. The van der Waals surface area contributed by atoms with E-state index >= 15 is 0 Å². The monoisotopic (exact) mass is 322 g/mol. The zero-order valence-corrected chi connectivity index (χ0v) is 10.2. The van der Waals surface area contributed by atoms with E-state index in [2.05, 4.69) is 5.10 Å². The fraction of sp³-hybridized carbons (Fsp3) is 0.556. The van der Waals surface area contributed by atoms with Gasteiger partial charge in [0.05, 0.1) is 12.2 Å². The molecule has 0 aromatic carbocycles. The van der Waals surface area contributed by atoms with Gasteiger partial charge in [0.2, 0.25) is 0 Å². The third-order valence-electron chi connectivity index (χ3n) is 2.50. The normalized spacial score (nSPS) is 17.9. The second kappa shape index (κ2) is 4.48. The van der Waals surface area contributed by atoms with Crippen molar-refractivity contribution in [1.82, 2.24) is 9.78 Å². The number of halogens is 1. The van der Waals surface area contributed by atoms with Gasteiger partial charge in [0, 0.05) is 13.2 Å². The van der Waals surface area contributed by atoms with E-state index in [0.717, 1.165) is 26.1 Å². The number of rotatable bonds is 2. The van der Waals surface area contributed by atoms with Crippen molar-refractivity contribution in [2.75, 3.05) is 13.2 Å². The Kier molecular flexibility index (Phi) is 3.25. The van der Waals surface area contributed by atoms with E-state index in [0.29, 0.717) is 3.70 Å². The predicted octanol–water partition coefficient (Wildman–Crippen LogP) is 1.54. The number of carboxylic acid groups (broad SMARTS) is 1. The van der Waals surface area contributed by atoms with Crippen LogP contribution < -0.4 is 0 Å². The zero-order valence-electron chi connectivity index (χ0n) is 8.02. The molecule has 0 atom stereocenters. The summed E-state index contributed by atoms with van der Waals surface area (Å²) >= 11 is 2.03. The molecule has 0 saturated carbocycles. The maximum Gasteiger partial charge on any atom is 0.340 e. The lowest BCUT2D eigenvalue weighted by molar-refractivity contribution is 0.0651. The van der Waals surface area contributed by atoms with Crippen LogP contribution in [0.1, 0.15) is 29.2 Å². The van der Waals surface area contributed by atoms with Crippen molar-refractivity contribution in [3.63, 3.8) is 0 Å². The molecule has 0 bridgehead atoms. The molecule has 1 fully saturated rings. The summed E-state index contributed by atoms with van der Waals surface area (Å²) < 4.78 is 7.75. The number of aromatic nitrogens is 2. The first kappa shape index (κ1) is 10.9. The number of hydrogen-bond acceptors (Lipinski definition) is 3. The molecule has 1 aromatic rings. The number of aromatic carboxylic acids is 1. The average molecular weight is 322 g/mol. The zero-order chi connectivity index (χ0) is 10.8. The second-order valence-corrected chi connectivity index (χ2v) is 4.46. The summed E-state index contributed by atoms with van der Waals surface area (Å²) in [7, 11) is 0.